The van der Waals surface area contributed by atoms with Crippen molar-refractivity contribution in [2.24, 2.45) is 0 Å². The summed E-state index contributed by atoms with van der Waals surface area (Å²) in [6, 6.07) is 18.4. The van der Waals surface area contributed by atoms with Gasteiger partial charge in [-0.25, -0.2) is 0 Å². The maximum Gasteiger partial charge on any atom is 0.253 e. The summed E-state index contributed by atoms with van der Waals surface area (Å²) >= 11 is 0. The average molecular weight is 391 g/mol. The Morgan fingerprint density at radius 1 is 0.931 bits per heavy atom. The minimum absolute atomic E-state index is 0.0505. The van der Waals surface area contributed by atoms with Crippen LogP contribution >= 0.6 is 0 Å². The lowest BCUT2D eigenvalue weighted by Crippen LogP contribution is -2.26. The van der Waals surface area contributed by atoms with Gasteiger partial charge >= 0.3 is 0 Å². The number of nitrogens with one attached hydrogen (secondary N) is 3. The Morgan fingerprint density at radius 2 is 1.66 bits per heavy atom. The molecule has 3 rings (SSSR count). The Labute approximate surface area is 170 Å². The molecule has 6 nitrogen and oxygen atoms in total. The van der Waals surface area contributed by atoms with Crippen LogP contribution in [0, 0.1) is 0 Å². The van der Waals surface area contributed by atoms with Crippen molar-refractivity contribution in [1.82, 2.24) is 5.32 Å². The van der Waals surface area contributed by atoms with Crippen LogP contribution in [-0.2, 0) is 11.3 Å². The third-order valence-corrected chi connectivity index (χ3v) is 4.47. The van der Waals surface area contributed by atoms with Crippen LogP contribution in [0.3, 0.4) is 0 Å². The summed E-state index contributed by atoms with van der Waals surface area (Å²) in [5.41, 5.74) is 2.95. The minimum atomic E-state index is -0.241. The first-order chi connectivity index (χ1) is 14.0. The van der Waals surface area contributed by atoms with E-state index in [1.807, 2.05) is 30.3 Å². The molecule has 0 atom stereocenters. The van der Waals surface area contributed by atoms with E-state index < -0.39 is 0 Å². The molecule has 0 aliphatic carbocycles. The number of rotatable bonds is 8. The summed E-state index contributed by atoms with van der Waals surface area (Å²) in [6.07, 6.45) is 1.56. The zero-order valence-corrected chi connectivity index (χ0v) is 16.6. The van der Waals surface area contributed by atoms with Gasteiger partial charge in [-0.3, -0.25) is 9.59 Å². The zero-order chi connectivity index (χ0) is 20.6. The number of furan rings is 1. The van der Waals surface area contributed by atoms with E-state index in [2.05, 4.69) is 29.8 Å². The van der Waals surface area contributed by atoms with Gasteiger partial charge in [-0.2, -0.15) is 0 Å². The lowest BCUT2D eigenvalue weighted by Gasteiger charge is -2.15. The van der Waals surface area contributed by atoms with Crippen molar-refractivity contribution >= 4 is 23.2 Å². The number of carbonyl (C=O) groups excluding carboxylic acids is 2. The second kappa shape index (κ2) is 9.59. The number of carbonyl (C=O) groups is 2. The first-order valence-corrected chi connectivity index (χ1v) is 9.57. The van der Waals surface area contributed by atoms with Gasteiger partial charge in [0.05, 0.1) is 24.9 Å². The van der Waals surface area contributed by atoms with Gasteiger partial charge in [0, 0.05) is 11.4 Å². The summed E-state index contributed by atoms with van der Waals surface area (Å²) in [5, 5.41) is 8.82. The third-order valence-electron chi connectivity index (χ3n) is 4.47. The zero-order valence-electron chi connectivity index (χ0n) is 16.6. The highest BCUT2D eigenvalue weighted by molar-refractivity contribution is 6.01. The van der Waals surface area contributed by atoms with Gasteiger partial charge in [0.25, 0.3) is 5.91 Å². The van der Waals surface area contributed by atoms with Crippen molar-refractivity contribution in [3.63, 3.8) is 0 Å². The fourth-order valence-corrected chi connectivity index (χ4v) is 3.00. The predicted molar refractivity (Wildman–Crippen MR) is 114 cm³/mol. The van der Waals surface area contributed by atoms with Gasteiger partial charge < -0.3 is 20.4 Å². The molecule has 29 heavy (non-hydrogen) atoms. The Kier molecular flexibility index (Phi) is 6.68. The maximum atomic E-state index is 12.5. The fraction of sp³-hybridized carbons (Fsp3) is 0.217. The maximum absolute atomic E-state index is 12.5. The van der Waals surface area contributed by atoms with Crippen molar-refractivity contribution in [1.29, 1.82) is 0 Å². The number of anilines is 2. The summed E-state index contributed by atoms with van der Waals surface area (Å²) in [4.78, 5) is 25.0. The smallest absolute Gasteiger partial charge is 0.253 e. The van der Waals surface area contributed by atoms with Crippen LogP contribution < -0.4 is 16.0 Å². The Hall–Kier alpha value is -3.54. The molecule has 3 aromatic rings. The van der Waals surface area contributed by atoms with Crippen molar-refractivity contribution in [3.8, 4) is 0 Å². The Balaban J connectivity index is 1.61. The summed E-state index contributed by atoms with van der Waals surface area (Å²) in [7, 11) is 0. The van der Waals surface area contributed by atoms with Crippen molar-refractivity contribution < 1.29 is 14.0 Å². The lowest BCUT2D eigenvalue weighted by molar-refractivity contribution is -0.114. The summed E-state index contributed by atoms with van der Waals surface area (Å²) < 4.78 is 5.23. The van der Waals surface area contributed by atoms with Crippen LogP contribution in [0.4, 0.5) is 11.4 Å². The number of hydrogen-bond donors (Lipinski definition) is 3. The molecule has 0 aliphatic heterocycles. The molecule has 0 spiro atoms. The van der Waals surface area contributed by atoms with Gasteiger partial charge in [-0.15, -0.1) is 0 Å². The molecule has 0 fully saturated rings. The molecule has 0 aliphatic rings. The van der Waals surface area contributed by atoms with Crippen LogP contribution in [0.15, 0.2) is 71.3 Å². The van der Waals surface area contributed by atoms with Gasteiger partial charge in [0.2, 0.25) is 5.91 Å². The number of para-hydroxylation sites is 2. The molecule has 150 valence electrons. The van der Waals surface area contributed by atoms with Crippen molar-refractivity contribution in [3.05, 3.63) is 83.8 Å². The van der Waals surface area contributed by atoms with Crippen LogP contribution in [0.1, 0.15) is 41.4 Å². The molecule has 6 heteroatoms. The molecule has 2 amide bonds. The third kappa shape index (κ3) is 5.48. The monoisotopic (exact) mass is 391 g/mol. The van der Waals surface area contributed by atoms with Gasteiger partial charge in [-0.05, 0) is 41.8 Å². The fourth-order valence-electron chi connectivity index (χ4n) is 3.00. The van der Waals surface area contributed by atoms with E-state index in [0.717, 1.165) is 11.3 Å². The van der Waals surface area contributed by atoms with Crippen molar-refractivity contribution in [2.45, 2.75) is 26.3 Å². The van der Waals surface area contributed by atoms with E-state index in [0.29, 0.717) is 29.5 Å². The highest BCUT2D eigenvalue weighted by Crippen LogP contribution is 2.23. The number of hydrogen-bond acceptors (Lipinski definition) is 4. The molecule has 0 unspecified atom stereocenters. The Bertz CT molecular complexity index is 965. The van der Waals surface area contributed by atoms with Gasteiger partial charge in [-0.1, -0.05) is 44.2 Å². The molecule has 3 N–H and O–H groups in total. The molecule has 2 aromatic carbocycles. The highest BCUT2D eigenvalue weighted by Gasteiger charge is 2.13. The largest absolute Gasteiger partial charge is 0.467 e. The normalized spacial score (nSPS) is 10.6. The standard InChI is InChI=1S/C23H25N3O3/c1-16(2)18-9-3-6-12-21(18)26-22(27)15-24-20-11-5-4-10-19(20)23(28)25-14-17-8-7-13-29-17/h3-13,16,24H,14-15H2,1-2H3,(H,25,28)(H,26,27). The summed E-state index contributed by atoms with van der Waals surface area (Å²) in [5.74, 6) is 0.559. The molecule has 0 bridgehead atoms. The first-order valence-electron chi connectivity index (χ1n) is 9.57. The van der Waals surface area contributed by atoms with E-state index in [-0.39, 0.29) is 18.4 Å². The first kappa shape index (κ1) is 20.2. The second-order valence-corrected chi connectivity index (χ2v) is 6.95. The lowest BCUT2D eigenvalue weighted by atomic mass is 10.0. The highest BCUT2D eigenvalue weighted by atomic mass is 16.3. The van der Waals surface area contributed by atoms with E-state index in [4.69, 9.17) is 4.42 Å². The topological polar surface area (TPSA) is 83.4 Å². The SMILES string of the molecule is CC(C)c1ccccc1NC(=O)CNc1ccccc1C(=O)NCc1ccco1. The Morgan fingerprint density at radius 3 is 2.38 bits per heavy atom. The molecule has 1 heterocycles. The molecule has 0 saturated heterocycles. The van der Waals surface area contributed by atoms with E-state index >= 15 is 0 Å². The predicted octanol–water partition coefficient (Wildman–Crippen LogP) is 4.38. The summed E-state index contributed by atoms with van der Waals surface area (Å²) in [6.45, 7) is 4.52. The van der Waals surface area contributed by atoms with Gasteiger partial charge in [0.15, 0.2) is 0 Å². The van der Waals surface area contributed by atoms with E-state index in [1.165, 1.54) is 0 Å². The molecule has 0 radical (unpaired) electrons. The van der Waals surface area contributed by atoms with Gasteiger partial charge in [0.1, 0.15) is 5.76 Å². The molecule has 1 aromatic heterocycles. The van der Waals surface area contributed by atoms with E-state index in [1.54, 1.807) is 36.6 Å². The van der Waals surface area contributed by atoms with Crippen LogP contribution in [0.25, 0.3) is 0 Å². The number of benzene rings is 2. The minimum Gasteiger partial charge on any atom is -0.467 e. The molecular formula is C23H25N3O3. The van der Waals surface area contributed by atoms with Crippen LogP contribution in [0.5, 0.6) is 0 Å². The van der Waals surface area contributed by atoms with Crippen LogP contribution in [-0.4, -0.2) is 18.4 Å². The second-order valence-electron chi connectivity index (χ2n) is 6.95. The molecular weight excluding hydrogens is 366 g/mol. The quantitative estimate of drug-likeness (QED) is 0.532. The number of amides is 2. The van der Waals surface area contributed by atoms with Crippen LogP contribution in [0.2, 0.25) is 0 Å². The average Bonchev–Trinajstić information content (AvgIpc) is 3.24. The molecule has 0 saturated carbocycles. The van der Waals surface area contributed by atoms with E-state index in [9.17, 15) is 9.59 Å². The van der Waals surface area contributed by atoms with Crippen molar-refractivity contribution in [2.75, 3.05) is 17.2 Å².